The van der Waals surface area contributed by atoms with Crippen LogP contribution in [-0.4, -0.2) is 34.0 Å². The number of thioether (sulfide) groups is 1. The first-order chi connectivity index (χ1) is 10.1. The van der Waals surface area contributed by atoms with Crippen LogP contribution in [0, 0.1) is 0 Å². The Hall–Kier alpha value is -1.99. The van der Waals surface area contributed by atoms with Crippen LogP contribution in [0.2, 0.25) is 0 Å². The van der Waals surface area contributed by atoms with E-state index < -0.39 is 5.97 Å². The molecule has 2 heterocycles. The zero-order valence-electron chi connectivity index (χ0n) is 11.8. The average Bonchev–Trinajstić information content (AvgIpc) is 2.90. The van der Waals surface area contributed by atoms with Gasteiger partial charge in [0.15, 0.2) is 0 Å². The number of carbonyl (C=O) groups is 1. The Labute approximate surface area is 127 Å². The number of hydroxylamine groups is 1. The molecule has 0 fully saturated rings. The number of nitrogens with zero attached hydrogens (tertiary/aromatic N) is 1. The lowest BCUT2D eigenvalue weighted by molar-refractivity contribution is 0.0190. The van der Waals surface area contributed by atoms with Gasteiger partial charge in [-0.1, -0.05) is 6.08 Å². The lowest BCUT2D eigenvalue weighted by Gasteiger charge is -2.12. The molecule has 112 valence electrons. The maximum absolute atomic E-state index is 12.0. The number of aromatic nitrogens is 2. The van der Waals surface area contributed by atoms with Gasteiger partial charge in [-0.25, -0.2) is 9.78 Å². The van der Waals surface area contributed by atoms with Gasteiger partial charge in [0, 0.05) is 5.39 Å². The maximum atomic E-state index is 12.0. The van der Waals surface area contributed by atoms with Crippen molar-refractivity contribution in [2.75, 3.05) is 17.7 Å². The lowest BCUT2D eigenvalue weighted by Crippen LogP contribution is -2.30. The second-order valence-electron chi connectivity index (χ2n) is 4.52. The van der Waals surface area contributed by atoms with Gasteiger partial charge >= 0.3 is 5.97 Å². The molecule has 0 amide bonds. The molecule has 0 saturated carbocycles. The van der Waals surface area contributed by atoms with Crippen molar-refractivity contribution >= 4 is 34.5 Å². The van der Waals surface area contributed by atoms with Crippen LogP contribution >= 0.6 is 11.8 Å². The Kier molecular flexibility index (Phi) is 5.24. The first-order valence-electron chi connectivity index (χ1n) is 6.46. The Morgan fingerprint density at radius 2 is 2.48 bits per heavy atom. The van der Waals surface area contributed by atoms with Crippen LogP contribution in [0.5, 0.6) is 0 Å². The number of hydrogen-bond donors (Lipinski definition) is 3. The van der Waals surface area contributed by atoms with Gasteiger partial charge < -0.3 is 15.6 Å². The largest absolute Gasteiger partial charge is 0.397 e. The van der Waals surface area contributed by atoms with E-state index in [1.165, 1.54) is 6.20 Å². The van der Waals surface area contributed by atoms with Crippen molar-refractivity contribution in [1.82, 2.24) is 15.4 Å². The number of anilines is 1. The summed E-state index contributed by atoms with van der Waals surface area (Å²) in [5.41, 5.74) is 9.83. The summed E-state index contributed by atoms with van der Waals surface area (Å²) in [7, 11) is 0. The number of nitrogen functional groups attached to an aromatic ring is 1. The first-order valence-corrected chi connectivity index (χ1v) is 7.86. The highest BCUT2D eigenvalue weighted by molar-refractivity contribution is 7.98. The number of aromatic amines is 1. The normalized spacial score (nSPS) is 12.2. The van der Waals surface area contributed by atoms with Gasteiger partial charge in [-0.05, 0) is 30.6 Å². The summed E-state index contributed by atoms with van der Waals surface area (Å²) >= 11 is 1.73. The molecule has 4 N–H and O–H groups in total. The number of H-pyrrole nitrogens is 1. The fraction of sp³-hybridized carbons (Fsp3) is 0.286. The lowest BCUT2D eigenvalue weighted by atomic mass is 10.2. The van der Waals surface area contributed by atoms with E-state index in [2.05, 4.69) is 22.0 Å². The van der Waals surface area contributed by atoms with E-state index in [1.54, 1.807) is 30.0 Å². The third kappa shape index (κ3) is 3.99. The summed E-state index contributed by atoms with van der Waals surface area (Å²) in [6, 6.07) is 3.33. The highest BCUT2D eigenvalue weighted by Gasteiger charge is 2.14. The van der Waals surface area contributed by atoms with Crippen molar-refractivity contribution in [1.29, 1.82) is 0 Å². The molecular weight excluding hydrogens is 288 g/mol. The van der Waals surface area contributed by atoms with Gasteiger partial charge in [-0.3, -0.25) is 0 Å². The summed E-state index contributed by atoms with van der Waals surface area (Å²) < 4.78 is 0. The van der Waals surface area contributed by atoms with Crippen LogP contribution in [0.1, 0.15) is 16.9 Å². The molecule has 21 heavy (non-hydrogen) atoms. The maximum Gasteiger partial charge on any atom is 0.373 e. The standard InChI is InChI=1S/C14H18N4O2S/c1-3-11(4-5-21-2)18-20-14(19)12-7-9-6-10(15)8-16-13(9)17-12/h3,6-8,11,18H,1,4-5,15H2,2H3,(H,16,17)/t11-/m1/s1. The van der Waals surface area contributed by atoms with Crippen molar-refractivity contribution in [3.05, 3.63) is 36.7 Å². The van der Waals surface area contributed by atoms with E-state index in [1.807, 2.05) is 6.26 Å². The molecule has 0 aliphatic carbocycles. The average molecular weight is 306 g/mol. The van der Waals surface area contributed by atoms with E-state index in [-0.39, 0.29) is 6.04 Å². The molecular formula is C14H18N4O2S. The zero-order valence-corrected chi connectivity index (χ0v) is 12.6. The minimum Gasteiger partial charge on any atom is -0.397 e. The molecule has 0 radical (unpaired) electrons. The fourth-order valence-electron chi connectivity index (χ4n) is 1.80. The number of carbonyl (C=O) groups excluding carboxylic acids is 1. The quantitative estimate of drug-likeness (QED) is 0.536. The number of fused-ring (bicyclic) bond motifs is 1. The number of hydrogen-bond acceptors (Lipinski definition) is 6. The summed E-state index contributed by atoms with van der Waals surface area (Å²) in [6.45, 7) is 3.71. The number of pyridine rings is 1. The third-order valence-corrected chi connectivity index (χ3v) is 3.58. The van der Waals surface area contributed by atoms with Crippen LogP contribution in [0.15, 0.2) is 31.0 Å². The summed E-state index contributed by atoms with van der Waals surface area (Å²) in [5.74, 6) is 0.458. The molecule has 2 aromatic heterocycles. The molecule has 0 spiro atoms. The number of nitrogens with two attached hydrogens (primary N) is 1. The minimum absolute atomic E-state index is 0.0699. The molecule has 6 nitrogen and oxygen atoms in total. The van der Waals surface area contributed by atoms with E-state index in [4.69, 9.17) is 10.6 Å². The van der Waals surface area contributed by atoms with Gasteiger partial charge in [-0.2, -0.15) is 11.8 Å². The number of nitrogens with one attached hydrogen (secondary N) is 2. The molecule has 0 aliphatic rings. The third-order valence-electron chi connectivity index (χ3n) is 2.93. The second-order valence-corrected chi connectivity index (χ2v) is 5.51. The zero-order chi connectivity index (χ0) is 15.2. The SMILES string of the molecule is C=C[C@H](CCSC)NOC(=O)c1cc2cc(N)cnc2[nH]1. The Bertz CT molecular complexity index is 641. The Morgan fingerprint density at radius 3 is 3.19 bits per heavy atom. The monoisotopic (exact) mass is 306 g/mol. The Balaban J connectivity index is 1.99. The molecule has 0 aliphatic heterocycles. The molecule has 7 heteroatoms. The van der Waals surface area contributed by atoms with E-state index >= 15 is 0 Å². The van der Waals surface area contributed by atoms with Crippen molar-refractivity contribution < 1.29 is 9.63 Å². The topological polar surface area (TPSA) is 93.0 Å². The van der Waals surface area contributed by atoms with Gasteiger partial charge in [-0.15, -0.1) is 12.1 Å². The molecule has 0 unspecified atom stereocenters. The van der Waals surface area contributed by atoms with E-state index in [9.17, 15) is 4.79 Å². The summed E-state index contributed by atoms with van der Waals surface area (Å²) in [6.07, 6.45) is 6.11. The van der Waals surface area contributed by atoms with Gasteiger partial charge in [0.1, 0.15) is 11.3 Å². The predicted molar refractivity (Wildman–Crippen MR) is 86.0 cm³/mol. The first kappa shape index (κ1) is 15.4. The highest BCUT2D eigenvalue weighted by atomic mass is 32.2. The minimum atomic E-state index is -0.498. The molecule has 0 saturated heterocycles. The van der Waals surface area contributed by atoms with Gasteiger partial charge in [0.25, 0.3) is 0 Å². The van der Waals surface area contributed by atoms with Crippen molar-refractivity contribution in [3.8, 4) is 0 Å². The predicted octanol–water partition coefficient (Wildman–Crippen LogP) is 2.11. The van der Waals surface area contributed by atoms with Crippen molar-refractivity contribution in [3.63, 3.8) is 0 Å². The summed E-state index contributed by atoms with van der Waals surface area (Å²) in [4.78, 5) is 24.1. The van der Waals surface area contributed by atoms with Gasteiger partial charge in [0.05, 0.1) is 17.9 Å². The fourth-order valence-corrected chi connectivity index (χ4v) is 2.29. The van der Waals surface area contributed by atoms with Crippen molar-refractivity contribution in [2.45, 2.75) is 12.5 Å². The molecule has 2 aromatic rings. The van der Waals surface area contributed by atoms with E-state index in [0.29, 0.717) is 17.0 Å². The van der Waals surface area contributed by atoms with Crippen LogP contribution in [0.4, 0.5) is 5.69 Å². The van der Waals surface area contributed by atoms with Crippen LogP contribution in [0.25, 0.3) is 11.0 Å². The number of rotatable bonds is 7. The van der Waals surface area contributed by atoms with Gasteiger partial charge in [0.2, 0.25) is 0 Å². The highest BCUT2D eigenvalue weighted by Crippen LogP contribution is 2.16. The van der Waals surface area contributed by atoms with Crippen molar-refractivity contribution in [2.24, 2.45) is 0 Å². The van der Waals surface area contributed by atoms with Crippen LogP contribution in [-0.2, 0) is 4.84 Å². The van der Waals surface area contributed by atoms with E-state index in [0.717, 1.165) is 17.6 Å². The molecule has 0 aromatic carbocycles. The van der Waals surface area contributed by atoms with Crippen LogP contribution < -0.4 is 11.2 Å². The van der Waals surface area contributed by atoms with Crippen LogP contribution in [0.3, 0.4) is 0 Å². The smallest absolute Gasteiger partial charge is 0.373 e. The molecule has 2 rings (SSSR count). The summed E-state index contributed by atoms with van der Waals surface area (Å²) in [5, 5.41) is 0.768. The molecule has 1 atom stereocenters. The second kappa shape index (κ2) is 7.14. The Morgan fingerprint density at radius 1 is 1.67 bits per heavy atom. The molecule has 0 bridgehead atoms.